The van der Waals surface area contributed by atoms with Crippen LogP contribution in [0, 0.1) is 10.8 Å². The van der Waals surface area contributed by atoms with Gasteiger partial charge in [0, 0.05) is 23.5 Å². The zero-order valence-electron chi connectivity index (χ0n) is 13.4. The Morgan fingerprint density at radius 1 is 1.05 bits per heavy atom. The summed E-state index contributed by atoms with van der Waals surface area (Å²) in [5.74, 6) is 0. The summed E-state index contributed by atoms with van der Waals surface area (Å²) in [6, 6.07) is 6.26. The van der Waals surface area contributed by atoms with Crippen molar-refractivity contribution in [3.05, 3.63) is 42.2 Å². The fraction of sp³-hybridized carbons (Fsp3) is 0.421. The SMILES string of the molecule is CC1(C)C=C(c2ccc(N)c3cnccc23)CC(C)(C)C1. The highest BCUT2D eigenvalue weighted by atomic mass is 14.6. The molecule has 2 heteroatoms. The summed E-state index contributed by atoms with van der Waals surface area (Å²) in [6.07, 6.45) is 8.50. The van der Waals surface area contributed by atoms with Crippen LogP contribution in [0.4, 0.5) is 5.69 Å². The Bertz CT molecular complexity index is 723. The summed E-state index contributed by atoms with van der Waals surface area (Å²) < 4.78 is 0. The van der Waals surface area contributed by atoms with Gasteiger partial charge >= 0.3 is 0 Å². The van der Waals surface area contributed by atoms with Crippen LogP contribution in [0.2, 0.25) is 0 Å². The summed E-state index contributed by atoms with van der Waals surface area (Å²) in [6.45, 7) is 9.38. The first-order valence-corrected chi connectivity index (χ1v) is 7.62. The third-order valence-corrected chi connectivity index (χ3v) is 4.37. The number of nitrogens with two attached hydrogens (primary N) is 1. The summed E-state index contributed by atoms with van der Waals surface area (Å²) in [5.41, 5.74) is 10.2. The maximum Gasteiger partial charge on any atom is 0.0409 e. The molecule has 2 N–H and O–H groups in total. The van der Waals surface area contributed by atoms with Crippen molar-refractivity contribution in [2.45, 2.75) is 40.5 Å². The van der Waals surface area contributed by atoms with E-state index in [4.69, 9.17) is 5.73 Å². The summed E-state index contributed by atoms with van der Waals surface area (Å²) >= 11 is 0. The Morgan fingerprint density at radius 3 is 2.52 bits per heavy atom. The van der Waals surface area contributed by atoms with Crippen molar-refractivity contribution in [2.24, 2.45) is 10.8 Å². The molecule has 0 radical (unpaired) electrons. The monoisotopic (exact) mass is 280 g/mol. The summed E-state index contributed by atoms with van der Waals surface area (Å²) in [5, 5.41) is 2.27. The minimum atomic E-state index is 0.234. The van der Waals surface area contributed by atoms with Gasteiger partial charge in [0.2, 0.25) is 0 Å². The first-order chi connectivity index (χ1) is 9.77. The highest BCUT2D eigenvalue weighted by Gasteiger charge is 2.33. The second kappa shape index (κ2) is 4.59. The number of rotatable bonds is 1. The topological polar surface area (TPSA) is 38.9 Å². The minimum Gasteiger partial charge on any atom is -0.398 e. The predicted octanol–water partition coefficient (Wildman–Crippen LogP) is 5.05. The van der Waals surface area contributed by atoms with E-state index in [9.17, 15) is 0 Å². The quantitative estimate of drug-likeness (QED) is 0.743. The zero-order valence-corrected chi connectivity index (χ0v) is 13.4. The van der Waals surface area contributed by atoms with E-state index in [0.717, 1.165) is 17.5 Å². The number of fused-ring (bicyclic) bond motifs is 1. The molecular formula is C19H24N2. The van der Waals surface area contributed by atoms with E-state index in [2.05, 4.69) is 50.9 Å². The first-order valence-electron chi connectivity index (χ1n) is 7.62. The number of hydrogen-bond acceptors (Lipinski definition) is 2. The van der Waals surface area contributed by atoms with Crippen molar-refractivity contribution >= 4 is 22.0 Å². The lowest BCUT2D eigenvalue weighted by molar-refractivity contribution is 0.229. The minimum absolute atomic E-state index is 0.234. The van der Waals surface area contributed by atoms with Crippen LogP contribution in [0.5, 0.6) is 0 Å². The molecule has 0 atom stereocenters. The van der Waals surface area contributed by atoms with Crippen LogP contribution < -0.4 is 5.73 Å². The molecular weight excluding hydrogens is 256 g/mol. The van der Waals surface area contributed by atoms with Crippen molar-refractivity contribution in [2.75, 3.05) is 5.73 Å². The summed E-state index contributed by atoms with van der Waals surface area (Å²) in [4.78, 5) is 4.22. The fourth-order valence-corrected chi connectivity index (χ4v) is 4.05. The van der Waals surface area contributed by atoms with Crippen LogP contribution in [0.1, 0.15) is 46.1 Å². The van der Waals surface area contributed by atoms with E-state index in [1.54, 1.807) is 0 Å². The Morgan fingerprint density at radius 2 is 1.81 bits per heavy atom. The van der Waals surface area contributed by atoms with Gasteiger partial charge in [-0.3, -0.25) is 4.98 Å². The number of pyridine rings is 1. The van der Waals surface area contributed by atoms with Crippen LogP contribution >= 0.6 is 0 Å². The molecule has 1 aromatic heterocycles. The zero-order chi connectivity index (χ0) is 15.3. The van der Waals surface area contributed by atoms with E-state index >= 15 is 0 Å². The van der Waals surface area contributed by atoms with Crippen LogP contribution in [-0.2, 0) is 0 Å². The molecule has 110 valence electrons. The maximum atomic E-state index is 6.10. The number of nitrogens with zero attached hydrogens (tertiary/aromatic N) is 1. The van der Waals surface area contributed by atoms with Gasteiger partial charge in [0.05, 0.1) is 0 Å². The average molecular weight is 280 g/mol. The van der Waals surface area contributed by atoms with E-state index < -0.39 is 0 Å². The van der Waals surface area contributed by atoms with E-state index in [1.165, 1.54) is 22.9 Å². The Balaban J connectivity index is 2.21. The van der Waals surface area contributed by atoms with Gasteiger partial charge in [-0.05, 0) is 52.3 Å². The molecule has 0 spiro atoms. The number of aromatic nitrogens is 1. The molecule has 1 aromatic carbocycles. The highest BCUT2D eigenvalue weighted by Crippen LogP contribution is 2.48. The van der Waals surface area contributed by atoms with Gasteiger partial charge in [0.1, 0.15) is 0 Å². The van der Waals surface area contributed by atoms with Gasteiger partial charge in [0.15, 0.2) is 0 Å². The molecule has 21 heavy (non-hydrogen) atoms. The van der Waals surface area contributed by atoms with Gasteiger partial charge in [-0.1, -0.05) is 39.8 Å². The van der Waals surface area contributed by atoms with Crippen LogP contribution in [0.3, 0.4) is 0 Å². The molecule has 0 saturated carbocycles. The average Bonchev–Trinajstić information content (AvgIpc) is 2.35. The predicted molar refractivity (Wildman–Crippen MR) is 90.9 cm³/mol. The molecule has 0 saturated heterocycles. The highest BCUT2D eigenvalue weighted by molar-refractivity contribution is 6.00. The molecule has 3 rings (SSSR count). The van der Waals surface area contributed by atoms with Crippen molar-refractivity contribution in [1.82, 2.24) is 4.98 Å². The number of allylic oxidation sites excluding steroid dienone is 2. The molecule has 2 aromatic rings. The van der Waals surface area contributed by atoms with Gasteiger partial charge in [-0.2, -0.15) is 0 Å². The second-order valence-corrected chi connectivity index (χ2v) is 7.80. The Labute approximate surface area is 127 Å². The van der Waals surface area contributed by atoms with E-state index in [0.29, 0.717) is 5.41 Å². The smallest absolute Gasteiger partial charge is 0.0409 e. The number of anilines is 1. The molecule has 2 nitrogen and oxygen atoms in total. The number of benzene rings is 1. The van der Waals surface area contributed by atoms with Crippen molar-refractivity contribution < 1.29 is 0 Å². The summed E-state index contributed by atoms with van der Waals surface area (Å²) in [7, 11) is 0. The molecule has 1 aliphatic rings. The van der Waals surface area contributed by atoms with Gasteiger partial charge < -0.3 is 5.73 Å². The first kappa shape index (κ1) is 14.1. The largest absolute Gasteiger partial charge is 0.398 e. The molecule has 0 bridgehead atoms. The third kappa shape index (κ3) is 2.67. The molecule has 0 fully saturated rings. The Kier molecular flexibility index (Phi) is 3.09. The van der Waals surface area contributed by atoms with Crippen LogP contribution in [0.25, 0.3) is 16.3 Å². The van der Waals surface area contributed by atoms with Crippen LogP contribution in [0.15, 0.2) is 36.7 Å². The molecule has 0 amide bonds. The fourth-order valence-electron chi connectivity index (χ4n) is 4.05. The number of hydrogen-bond donors (Lipinski definition) is 1. The molecule has 1 heterocycles. The maximum absolute atomic E-state index is 6.10. The standard InChI is InChI=1S/C19H24N2/c1-18(2)9-13(10-19(3,4)12-18)14-5-6-17(20)16-11-21-8-7-15(14)16/h5-9,11H,10,12,20H2,1-4H3. The molecule has 0 unspecified atom stereocenters. The lowest BCUT2D eigenvalue weighted by Gasteiger charge is -2.39. The van der Waals surface area contributed by atoms with Gasteiger partial charge in [0.25, 0.3) is 0 Å². The lowest BCUT2D eigenvalue weighted by atomic mass is 9.65. The van der Waals surface area contributed by atoms with Gasteiger partial charge in [-0.15, -0.1) is 0 Å². The van der Waals surface area contributed by atoms with Crippen molar-refractivity contribution in [3.63, 3.8) is 0 Å². The second-order valence-electron chi connectivity index (χ2n) is 7.80. The normalized spacial score (nSPS) is 20.3. The van der Waals surface area contributed by atoms with Gasteiger partial charge in [-0.25, -0.2) is 0 Å². The lowest BCUT2D eigenvalue weighted by Crippen LogP contribution is -2.26. The van der Waals surface area contributed by atoms with E-state index in [1.807, 2.05) is 18.5 Å². The number of nitrogen functional groups attached to an aromatic ring is 1. The third-order valence-electron chi connectivity index (χ3n) is 4.37. The van der Waals surface area contributed by atoms with Crippen LogP contribution in [-0.4, -0.2) is 4.98 Å². The van der Waals surface area contributed by atoms with Crippen molar-refractivity contribution in [1.29, 1.82) is 0 Å². The Hall–Kier alpha value is -1.83. The van der Waals surface area contributed by atoms with Crippen molar-refractivity contribution in [3.8, 4) is 0 Å². The molecule has 1 aliphatic carbocycles. The molecule has 0 aliphatic heterocycles. The van der Waals surface area contributed by atoms with E-state index in [-0.39, 0.29) is 5.41 Å².